The summed E-state index contributed by atoms with van der Waals surface area (Å²) in [6, 6.07) is 16.6. The quantitative estimate of drug-likeness (QED) is 0.352. The van der Waals surface area contributed by atoms with Crippen LogP contribution in [0.15, 0.2) is 53.7 Å². The lowest BCUT2D eigenvalue weighted by Crippen LogP contribution is -2.54. The van der Waals surface area contributed by atoms with Gasteiger partial charge in [0.2, 0.25) is 0 Å². The van der Waals surface area contributed by atoms with Gasteiger partial charge < -0.3 is 19.9 Å². The van der Waals surface area contributed by atoms with Gasteiger partial charge in [-0.3, -0.25) is 4.90 Å². The number of aliphatic hydroxyl groups is 1. The highest BCUT2D eigenvalue weighted by Crippen LogP contribution is 2.31. The van der Waals surface area contributed by atoms with E-state index in [4.69, 9.17) is 14.8 Å². The van der Waals surface area contributed by atoms with E-state index in [2.05, 4.69) is 34.3 Å². The van der Waals surface area contributed by atoms with Gasteiger partial charge in [0.1, 0.15) is 17.1 Å². The average Bonchev–Trinajstić information content (AvgIpc) is 3.32. The number of rotatable bonds is 9. The molecule has 1 saturated heterocycles. The van der Waals surface area contributed by atoms with Gasteiger partial charge >= 0.3 is 0 Å². The second kappa shape index (κ2) is 10.7. The van der Waals surface area contributed by atoms with Gasteiger partial charge in [0.05, 0.1) is 18.9 Å². The lowest BCUT2D eigenvalue weighted by atomic mass is 9.95. The Morgan fingerprint density at radius 2 is 1.66 bits per heavy atom. The molecule has 2 aromatic rings. The molecule has 1 unspecified atom stereocenters. The van der Waals surface area contributed by atoms with E-state index in [-0.39, 0.29) is 6.42 Å². The van der Waals surface area contributed by atoms with Crippen molar-refractivity contribution in [3.63, 3.8) is 0 Å². The molecule has 35 heavy (non-hydrogen) atoms. The first-order valence-corrected chi connectivity index (χ1v) is 13.6. The third-order valence-corrected chi connectivity index (χ3v) is 9.01. The molecule has 2 aliphatic rings. The number of aliphatic hydroxyl groups excluding tert-OH is 1. The molecule has 190 valence electrons. The first-order chi connectivity index (χ1) is 16.7. The van der Waals surface area contributed by atoms with Gasteiger partial charge in [0, 0.05) is 38.7 Å². The normalized spacial score (nSPS) is 21.7. The zero-order valence-electron chi connectivity index (χ0n) is 20.1. The van der Waals surface area contributed by atoms with Crippen molar-refractivity contribution in [1.82, 2.24) is 10.4 Å². The van der Waals surface area contributed by atoms with Crippen molar-refractivity contribution in [2.24, 2.45) is 5.16 Å². The summed E-state index contributed by atoms with van der Waals surface area (Å²) in [6.07, 6.45) is -0.782. The molecule has 3 atom stereocenters. The Labute approximate surface area is 206 Å². The minimum Gasteiger partial charge on any atom is -0.392 e. The Morgan fingerprint density at radius 1 is 1.09 bits per heavy atom. The zero-order valence-corrected chi connectivity index (χ0v) is 20.9. The molecule has 0 aromatic heterocycles. The van der Waals surface area contributed by atoms with Crippen molar-refractivity contribution < 1.29 is 28.3 Å². The van der Waals surface area contributed by atoms with Crippen LogP contribution in [0.1, 0.15) is 30.9 Å². The first-order valence-electron chi connectivity index (χ1n) is 11.7. The summed E-state index contributed by atoms with van der Waals surface area (Å²) >= 11 is 0. The number of benzene rings is 2. The van der Waals surface area contributed by atoms with Gasteiger partial charge in [-0.05, 0) is 29.2 Å². The van der Waals surface area contributed by atoms with Gasteiger partial charge in [-0.25, -0.2) is 8.42 Å². The molecule has 2 aromatic carbocycles. The molecule has 4 rings (SSSR count). The van der Waals surface area contributed by atoms with Gasteiger partial charge in [-0.15, -0.1) is 0 Å². The van der Waals surface area contributed by atoms with Gasteiger partial charge in [-0.2, -0.15) is 5.48 Å². The van der Waals surface area contributed by atoms with Crippen LogP contribution in [0.4, 0.5) is 0 Å². The maximum absolute atomic E-state index is 12.3. The highest BCUT2D eigenvalue weighted by molar-refractivity contribution is 7.92. The Bertz CT molecular complexity index is 1130. The molecule has 0 spiro atoms. The number of ether oxygens (including phenoxy) is 1. The summed E-state index contributed by atoms with van der Waals surface area (Å²) in [5.74, 6) is 0. The second-order valence-electron chi connectivity index (χ2n) is 9.45. The molecule has 0 radical (unpaired) electrons. The van der Waals surface area contributed by atoms with Crippen LogP contribution in [0.2, 0.25) is 0 Å². The lowest BCUT2D eigenvalue weighted by Gasteiger charge is -2.32. The summed E-state index contributed by atoms with van der Waals surface area (Å²) in [5, 5.41) is 23.3. The number of hydrogen-bond acceptors (Lipinski definition) is 9. The molecule has 0 saturated carbocycles. The summed E-state index contributed by atoms with van der Waals surface area (Å²) < 4.78 is 28.3. The Balaban J connectivity index is 1.38. The van der Waals surface area contributed by atoms with E-state index in [1.54, 1.807) is 5.48 Å². The van der Waals surface area contributed by atoms with Crippen LogP contribution in [0, 0.1) is 0 Å². The molecule has 2 heterocycles. The largest absolute Gasteiger partial charge is 0.392 e. The first kappa shape index (κ1) is 25.7. The SMILES string of the molecule is C[C@@](C[C@H]1CC(c2ccc(-c3ccc(CN4CCOCC4)cc3)cc2)=NO1)(C(O)NO)S(C)(=O)=O. The van der Waals surface area contributed by atoms with E-state index in [1.165, 1.54) is 12.5 Å². The second-order valence-corrected chi connectivity index (χ2v) is 11.9. The molecule has 0 bridgehead atoms. The van der Waals surface area contributed by atoms with E-state index < -0.39 is 26.9 Å². The van der Waals surface area contributed by atoms with Crippen molar-refractivity contribution in [2.75, 3.05) is 32.6 Å². The van der Waals surface area contributed by atoms with E-state index >= 15 is 0 Å². The minimum atomic E-state index is -3.70. The monoisotopic (exact) mass is 503 g/mol. The smallest absolute Gasteiger partial charge is 0.156 e. The van der Waals surface area contributed by atoms with Crippen LogP contribution >= 0.6 is 0 Å². The Hall–Kier alpha value is -2.34. The summed E-state index contributed by atoms with van der Waals surface area (Å²) in [4.78, 5) is 7.88. The van der Waals surface area contributed by atoms with Gasteiger partial charge in [0.25, 0.3) is 0 Å². The maximum Gasteiger partial charge on any atom is 0.156 e. The minimum absolute atomic E-state index is 0.0254. The molecule has 9 nitrogen and oxygen atoms in total. The molecule has 1 fully saturated rings. The molecule has 0 aliphatic carbocycles. The number of hydroxylamine groups is 1. The van der Waals surface area contributed by atoms with Gasteiger partial charge in [-0.1, -0.05) is 53.7 Å². The topological polar surface area (TPSA) is 121 Å². The zero-order chi connectivity index (χ0) is 25.1. The molecular weight excluding hydrogens is 470 g/mol. The standard InChI is InChI=1S/C25H33N3O6S/c1-25(24(29)26-30,35(2,31)32)16-22-15-23(27-34-22)21-9-7-20(8-10-21)19-5-3-18(4-6-19)17-28-11-13-33-14-12-28/h3-10,22,24,26,29-30H,11-17H2,1-2H3/t22-,24?,25-/m1/s1. The molecule has 10 heteroatoms. The van der Waals surface area contributed by atoms with Crippen molar-refractivity contribution in [1.29, 1.82) is 0 Å². The van der Waals surface area contributed by atoms with Crippen LogP contribution in [0.25, 0.3) is 11.1 Å². The van der Waals surface area contributed by atoms with E-state index in [9.17, 15) is 13.5 Å². The fourth-order valence-electron chi connectivity index (χ4n) is 4.44. The van der Waals surface area contributed by atoms with Crippen molar-refractivity contribution >= 4 is 15.5 Å². The molecular formula is C25H33N3O6S. The highest BCUT2D eigenvalue weighted by Gasteiger charge is 2.46. The number of morpholine rings is 1. The van der Waals surface area contributed by atoms with Crippen LogP contribution < -0.4 is 5.48 Å². The predicted molar refractivity (Wildman–Crippen MR) is 133 cm³/mol. The number of nitrogens with one attached hydrogen (secondary N) is 1. The van der Waals surface area contributed by atoms with Gasteiger partial charge in [0.15, 0.2) is 9.84 Å². The van der Waals surface area contributed by atoms with E-state index in [0.717, 1.165) is 55.8 Å². The number of hydrogen-bond donors (Lipinski definition) is 3. The molecule has 3 N–H and O–H groups in total. The Kier molecular flexibility index (Phi) is 7.89. The van der Waals surface area contributed by atoms with Crippen LogP contribution in [-0.2, 0) is 26.0 Å². The van der Waals surface area contributed by atoms with Crippen molar-refractivity contribution in [3.05, 3.63) is 59.7 Å². The van der Waals surface area contributed by atoms with Crippen molar-refractivity contribution in [2.45, 2.75) is 43.4 Å². The summed E-state index contributed by atoms with van der Waals surface area (Å²) in [6.45, 7) is 5.81. The highest BCUT2D eigenvalue weighted by atomic mass is 32.2. The van der Waals surface area contributed by atoms with E-state index in [0.29, 0.717) is 12.1 Å². The molecule has 2 aliphatic heterocycles. The average molecular weight is 504 g/mol. The Morgan fingerprint density at radius 3 is 2.23 bits per heavy atom. The number of oxime groups is 1. The van der Waals surface area contributed by atoms with Crippen LogP contribution in [-0.4, -0.2) is 79.0 Å². The predicted octanol–water partition coefficient (Wildman–Crippen LogP) is 2.17. The maximum atomic E-state index is 12.3. The fourth-order valence-corrected chi connectivity index (χ4v) is 5.38. The van der Waals surface area contributed by atoms with Crippen LogP contribution in [0.5, 0.6) is 0 Å². The van der Waals surface area contributed by atoms with Crippen molar-refractivity contribution in [3.8, 4) is 11.1 Å². The summed E-state index contributed by atoms with van der Waals surface area (Å²) in [5.41, 5.74) is 6.74. The lowest BCUT2D eigenvalue weighted by molar-refractivity contribution is -0.0355. The third kappa shape index (κ3) is 5.91. The molecule has 0 amide bonds. The fraction of sp³-hybridized carbons (Fsp3) is 0.480. The summed E-state index contributed by atoms with van der Waals surface area (Å²) in [7, 11) is -3.70. The third-order valence-electron chi connectivity index (χ3n) is 6.93. The number of nitrogens with zero attached hydrogens (tertiary/aromatic N) is 2. The van der Waals surface area contributed by atoms with Crippen LogP contribution in [0.3, 0.4) is 0 Å². The van der Waals surface area contributed by atoms with E-state index in [1.807, 2.05) is 24.3 Å². The number of sulfone groups is 1.